The first-order valence-corrected chi connectivity index (χ1v) is 9.84. The zero-order valence-electron chi connectivity index (χ0n) is 14.6. The van der Waals surface area contributed by atoms with E-state index in [-0.39, 0.29) is 22.8 Å². The maximum absolute atomic E-state index is 12.6. The average Bonchev–Trinajstić information content (AvgIpc) is 3.17. The number of nitrogens with zero attached hydrogens (tertiary/aromatic N) is 1. The standard InChI is InChI=1S/C19H16BrNO5S/c1-10(2)16(19(25)26-9-13(22)14-7-8-15(20)27-14)21-17(23)11-5-3-4-6-12(11)18(21)24/h3-8,10,16H,9H2,1-2H3/t16-/m1/s1. The number of hydrogen-bond acceptors (Lipinski definition) is 6. The Morgan fingerprint density at radius 2 is 1.67 bits per heavy atom. The summed E-state index contributed by atoms with van der Waals surface area (Å²) in [5.41, 5.74) is 0.529. The summed E-state index contributed by atoms with van der Waals surface area (Å²) in [7, 11) is 0. The molecular formula is C19H16BrNO5S. The number of carbonyl (C=O) groups excluding carboxylic acids is 4. The van der Waals surface area contributed by atoms with Gasteiger partial charge >= 0.3 is 5.97 Å². The molecule has 2 aromatic rings. The van der Waals surface area contributed by atoms with Crippen molar-refractivity contribution in [1.82, 2.24) is 4.90 Å². The minimum absolute atomic E-state index is 0.264. The monoisotopic (exact) mass is 449 g/mol. The molecule has 140 valence electrons. The second-order valence-electron chi connectivity index (χ2n) is 6.35. The molecule has 6 nitrogen and oxygen atoms in total. The number of Topliss-reactive ketones (excluding diaryl/α,β-unsaturated/α-hetero) is 1. The van der Waals surface area contributed by atoms with Gasteiger partial charge in [-0.15, -0.1) is 11.3 Å². The maximum Gasteiger partial charge on any atom is 0.330 e. The van der Waals surface area contributed by atoms with Gasteiger partial charge in [0.25, 0.3) is 11.8 Å². The van der Waals surface area contributed by atoms with Crippen LogP contribution in [0.5, 0.6) is 0 Å². The van der Waals surface area contributed by atoms with Crippen molar-refractivity contribution in [3.8, 4) is 0 Å². The lowest BCUT2D eigenvalue weighted by Gasteiger charge is -2.27. The van der Waals surface area contributed by atoms with Crippen LogP contribution in [-0.4, -0.2) is 41.1 Å². The Hall–Kier alpha value is -2.32. The van der Waals surface area contributed by atoms with Crippen LogP contribution >= 0.6 is 27.3 Å². The van der Waals surface area contributed by atoms with Gasteiger partial charge in [0, 0.05) is 0 Å². The van der Waals surface area contributed by atoms with Crippen LogP contribution in [0.15, 0.2) is 40.2 Å². The number of ether oxygens (including phenoxy) is 1. The summed E-state index contributed by atoms with van der Waals surface area (Å²) in [6.45, 7) is 2.99. The van der Waals surface area contributed by atoms with Gasteiger partial charge in [0.15, 0.2) is 6.61 Å². The number of halogens is 1. The number of rotatable bonds is 6. The molecule has 8 heteroatoms. The van der Waals surface area contributed by atoms with Crippen LogP contribution in [0.25, 0.3) is 0 Å². The fraction of sp³-hybridized carbons (Fsp3) is 0.263. The van der Waals surface area contributed by atoms with Crippen molar-refractivity contribution in [1.29, 1.82) is 0 Å². The summed E-state index contributed by atoms with van der Waals surface area (Å²) in [5.74, 6) is -2.54. The first-order valence-electron chi connectivity index (χ1n) is 8.23. The number of hydrogen-bond donors (Lipinski definition) is 0. The fourth-order valence-electron chi connectivity index (χ4n) is 2.89. The van der Waals surface area contributed by atoms with E-state index in [0.717, 1.165) is 8.69 Å². The summed E-state index contributed by atoms with van der Waals surface area (Å²) >= 11 is 4.51. The van der Waals surface area contributed by atoms with Crippen LogP contribution in [0.1, 0.15) is 44.2 Å². The highest BCUT2D eigenvalue weighted by molar-refractivity contribution is 9.11. The van der Waals surface area contributed by atoms with Gasteiger partial charge in [-0.2, -0.15) is 0 Å². The van der Waals surface area contributed by atoms with Gasteiger partial charge in [0.1, 0.15) is 6.04 Å². The van der Waals surface area contributed by atoms with E-state index in [1.54, 1.807) is 50.2 Å². The number of carbonyl (C=O) groups is 4. The van der Waals surface area contributed by atoms with Gasteiger partial charge in [-0.05, 0) is 46.1 Å². The summed E-state index contributed by atoms with van der Waals surface area (Å²) in [5, 5.41) is 0. The van der Waals surface area contributed by atoms with Crippen molar-refractivity contribution < 1.29 is 23.9 Å². The van der Waals surface area contributed by atoms with Crippen LogP contribution in [0.2, 0.25) is 0 Å². The largest absolute Gasteiger partial charge is 0.456 e. The molecule has 0 saturated carbocycles. The second-order valence-corrected chi connectivity index (χ2v) is 8.81. The molecule has 1 aromatic heterocycles. The minimum Gasteiger partial charge on any atom is -0.456 e. The lowest BCUT2D eigenvalue weighted by atomic mass is 10.0. The Morgan fingerprint density at radius 1 is 1.07 bits per heavy atom. The normalized spacial score (nSPS) is 14.4. The van der Waals surface area contributed by atoms with Crippen molar-refractivity contribution >= 4 is 50.8 Å². The number of imide groups is 1. The predicted molar refractivity (Wildman–Crippen MR) is 103 cm³/mol. The molecule has 0 radical (unpaired) electrons. The molecule has 0 unspecified atom stereocenters. The van der Waals surface area contributed by atoms with Crippen molar-refractivity contribution in [2.24, 2.45) is 5.92 Å². The Balaban J connectivity index is 1.76. The highest BCUT2D eigenvalue weighted by atomic mass is 79.9. The van der Waals surface area contributed by atoms with E-state index >= 15 is 0 Å². The number of amides is 2. The highest BCUT2D eigenvalue weighted by Gasteiger charge is 2.44. The van der Waals surface area contributed by atoms with Gasteiger partial charge in [0.2, 0.25) is 5.78 Å². The van der Waals surface area contributed by atoms with Crippen molar-refractivity contribution in [2.45, 2.75) is 19.9 Å². The van der Waals surface area contributed by atoms with Crippen LogP contribution < -0.4 is 0 Å². The molecule has 1 aliphatic heterocycles. The molecular weight excluding hydrogens is 434 g/mol. The minimum atomic E-state index is -1.10. The molecule has 0 saturated heterocycles. The van der Waals surface area contributed by atoms with Gasteiger partial charge in [-0.25, -0.2) is 4.79 Å². The lowest BCUT2D eigenvalue weighted by Crippen LogP contribution is -2.49. The fourth-order valence-corrected chi connectivity index (χ4v) is 4.20. The molecule has 3 rings (SSSR count). The van der Waals surface area contributed by atoms with E-state index in [4.69, 9.17) is 4.74 Å². The first-order chi connectivity index (χ1) is 12.8. The van der Waals surface area contributed by atoms with E-state index in [1.165, 1.54) is 11.3 Å². The van der Waals surface area contributed by atoms with Crippen LogP contribution in [0, 0.1) is 5.92 Å². The predicted octanol–water partition coefficient (Wildman–Crippen LogP) is 3.56. The van der Waals surface area contributed by atoms with E-state index < -0.39 is 30.4 Å². The topological polar surface area (TPSA) is 80.8 Å². The van der Waals surface area contributed by atoms with Gasteiger partial charge < -0.3 is 4.74 Å². The second kappa shape index (κ2) is 7.74. The van der Waals surface area contributed by atoms with Gasteiger partial charge in [0.05, 0.1) is 19.8 Å². The zero-order chi connectivity index (χ0) is 19.7. The molecule has 1 aromatic carbocycles. The lowest BCUT2D eigenvalue weighted by molar-refractivity contribution is -0.148. The number of ketones is 1. The zero-order valence-corrected chi connectivity index (χ0v) is 17.0. The SMILES string of the molecule is CC(C)[C@H](C(=O)OCC(=O)c1ccc(Br)s1)N1C(=O)c2ccccc2C1=O. The van der Waals surface area contributed by atoms with E-state index in [2.05, 4.69) is 15.9 Å². The molecule has 0 spiro atoms. The van der Waals surface area contributed by atoms with Crippen molar-refractivity contribution in [2.75, 3.05) is 6.61 Å². The molecule has 2 amide bonds. The maximum atomic E-state index is 12.6. The molecule has 1 aliphatic rings. The van der Waals surface area contributed by atoms with E-state index in [0.29, 0.717) is 4.88 Å². The molecule has 0 bridgehead atoms. The Bertz CT molecular complexity index is 901. The van der Waals surface area contributed by atoms with Gasteiger partial charge in [-0.3, -0.25) is 19.3 Å². The highest BCUT2D eigenvalue weighted by Crippen LogP contribution is 2.28. The van der Waals surface area contributed by atoms with Crippen LogP contribution in [-0.2, 0) is 9.53 Å². The molecule has 0 N–H and O–H groups in total. The Morgan fingerprint density at radius 3 is 2.15 bits per heavy atom. The van der Waals surface area contributed by atoms with Crippen molar-refractivity contribution in [3.63, 3.8) is 0 Å². The quantitative estimate of drug-likeness (QED) is 0.382. The van der Waals surface area contributed by atoms with Crippen LogP contribution in [0.3, 0.4) is 0 Å². The Kier molecular flexibility index (Phi) is 5.57. The number of thiophene rings is 1. The number of esters is 1. The van der Waals surface area contributed by atoms with Crippen molar-refractivity contribution in [3.05, 3.63) is 56.2 Å². The first kappa shape index (κ1) is 19.4. The summed E-state index contributed by atoms with van der Waals surface area (Å²) in [6, 6.07) is 8.69. The third kappa shape index (κ3) is 3.72. The molecule has 0 aliphatic carbocycles. The molecule has 1 atom stereocenters. The summed E-state index contributed by atoms with van der Waals surface area (Å²) in [6.07, 6.45) is 0. The molecule has 0 fully saturated rings. The van der Waals surface area contributed by atoms with Gasteiger partial charge in [-0.1, -0.05) is 26.0 Å². The van der Waals surface area contributed by atoms with Crippen LogP contribution in [0.4, 0.5) is 0 Å². The van der Waals surface area contributed by atoms with E-state index in [9.17, 15) is 19.2 Å². The molecule has 27 heavy (non-hydrogen) atoms. The smallest absolute Gasteiger partial charge is 0.330 e. The average molecular weight is 450 g/mol. The number of benzene rings is 1. The van der Waals surface area contributed by atoms with E-state index in [1.807, 2.05) is 0 Å². The third-order valence-electron chi connectivity index (χ3n) is 4.17. The summed E-state index contributed by atoms with van der Waals surface area (Å²) in [4.78, 5) is 51.5. The summed E-state index contributed by atoms with van der Waals surface area (Å²) < 4.78 is 5.95. The number of fused-ring (bicyclic) bond motifs is 1. The third-order valence-corrected chi connectivity index (χ3v) is 5.83. The Labute approximate surface area is 168 Å². The molecule has 2 heterocycles.